The first kappa shape index (κ1) is 25.5. The number of benzene rings is 2. The standard InChI is InChI=1S/C28H36N2O4/c1-18-17-21(34-7)13-14-22(18)25(31)23-24(19-9-11-20(12-10-19)28(2,3)4)30(27(33)26(23)32)16-8-15-29(5)6/h9-14,17,24,31H,8,15-16H2,1-7H3/b25-23+. The zero-order chi connectivity index (χ0) is 25.2. The summed E-state index contributed by atoms with van der Waals surface area (Å²) in [5.41, 5.74) is 3.03. The van der Waals surface area contributed by atoms with Gasteiger partial charge in [0.05, 0.1) is 33.8 Å². The minimum Gasteiger partial charge on any atom is -0.872 e. The van der Waals surface area contributed by atoms with Gasteiger partial charge >= 0.3 is 0 Å². The summed E-state index contributed by atoms with van der Waals surface area (Å²) in [4.78, 5) is 29.1. The minimum atomic E-state index is -0.706. The van der Waals surface area contributed by atoms with E-state index in [1.165, 1.54) is 4.90 Å². The van der Waals surface area contributed by atoms with Crippen molar-refractivity contribution in [3.05, 3.63) is 70.3 Å². The fourth-order valence-electron chi connectivity index (χ4n) is 4.38. The second-order valence-electron chi connectivity index (χ2n) is 10.3. The first-order valence-corrected chi connectivity index (χ1v) is 11.8. The normalized spacial score (nSPS) is 18.1. The molecule has 2 aromatic carbocycles. The zero-order valence-corrected chi connectivity index (χ0v) is 21.3. The van der Waals surface area contributed by atoms with E-state index >= 15 is 0 Å². The number of quaternary nitrogens is 1. The lowest BCUT2D eigenvalue weighted by atomic mass is 9.85. The third-order valence-corrected chi connectivity index (χ3v) is 6.38. The second kappa shape index (κ2) is 10.0. The van der Waals surface area contributed by atoms with Crippen molar-refractivity contribution in [1.82, 2.24) is 4.90 Å². The molecule has 1 fully saturated rings. The molecule has 1 aliphatic heterocycles. The van der Waals surface area contributed by atoms with Gasteiger partial charge in [0, 0.05) is 18.5 Å². The lowest BCUT2D eigenvalue weighted by molar-refractivity contribution is -0.858. The molecule has 2 aromatic rings. The van der Waals surface area contributed by atoms with Gasteiger partial charge in [-0.3, -0.25) is 9.59 Å². The number of amides is 1. The van der Waals surface area contributed by atoms with Crippen molar-refractivity contribution in [3.8, 4) is 5.75 Å². The Kier molecular flexibility index (Phi) is 7.51. The lowest BCUT2D eigenvalue weighted by Gasteiger charge is -2.29. The molecule has 1 aliphatic rings. The number of nitrogens with zero attached hydrogens (tertiary/aromatic N) is 1. The monoisotopic (exact) mass is 464 g/mol. The Morgan fingerprint density at radius 2 is 1.74 bits per heavy atom. The molecule has 34 heavy (non-hydrogen) atoms. The number of hydrogen-bond acceptors (Lipinski definition) is 4. The summed E-state index contributed by atoms with van der Waals surface area (Å²) >= 11 is 0. The highest BCUT2D eigenvalue weighted by molar-refractivity contribution is 6.46. The largest absolute Gasteiger partial charge is 0.872 e. The topological polar surface area (TPSA) is 74.1 Å². The number of likely N-dealkylation sites (tertiary alicyclic amines) is 1. The maximum absolute atomic E-state index is 13.7. The number of methoxy groups -OCH3 is 1. The minimum absolute atomic E-state index is 0.0268. The molecule has 0 aliphatic carbocycles. The molecular formula is C28H36N2O4. The molecule has 0 saturated carbocycles. The van der Waals surface area contributed by atoms with Gasteiger partial charge in [0.1, 0.15) is 5.75 Å². The van der Waals surface area contributed by atoms with Crippen LogP contribution in [0.15, 0.2) is 48.0 Å². The fourth-order valence-corrected chi connectivity index (χ4v) is 4.38. The van der Waals surface area contributed by atoms with E-state index in [9.17, 15) is 14.7 Å². The number of aryl methyl sites for hydroxylation is 1. The number of ketones is 1. The summed E-state index contributed by atoms with van der Waals surface area (Å²) in [6.45, 7) is 9.48. The number of nitrogens with one attached hydrogen (secondary N) is 1. The molecule has 6 heteroatoms. The van der Waals surface area contributed by atoms with Crippen LogP contribution in [-0.2, 0) is 15.0 Å². The molecule has 1 amide bonds. The highest BCUT2D eigenvalue weighted by Gasteiger charge is 2.44. The quantitative estimate of drug-likeness (QED) is 0.387. The van der Waals surface area contributed by atoms with E-state index in [0.29, 0.717) is 23.4 Å². The predicted molar refractivity (Wildman–Crippen MR) is 132 cm³/mol. The SMILES string of the molecule is COc1ccc(/C([O-])=C2\C(=O)C(=O)N(CCC[NH+](C)C)C2c2ccc(C(C)(C)C)cc2)c(C)c1. The van der Waals surface area contributed by atoms with Crippen molar-refractivity contribution in [1.29, 1.82) is 0 Å². The van der Waals surface area contributed by atoms with Crippen LogP contribution in [0, 0.1) is 6.92 Å². The molecule has 0 bridgehead atoms. The fraction of sp³-hybridized carbons (Fsp3) is 0.429. The summed E-state index contributed by atoms with van der Waals surface area (Å²) in [5, 5.41) is 13.7. The van der Waals surface area contributed by atoms with E-state index < -0.39 is 23.5 Å². The van der Waals surface area contributed by atoms with Gasteiger partial charge in [-0.15, -0.1) is 0 Å². The van der Waals surface area contributed by atoms with Crippen molar-refractivity contribution >= 4 is 17.4 Å². The van der Waals surface area contributed by atoms with Gasteiger partial charge in [0.15, 0.2) is 0 Å². The molecule has 1 atom stereocenters. The third kappa shape index (κ3) is 5.17. The Morgan fingerprint density at radius 3 is 2.26 bits per heavy atom. The summed E-state index contributed by atoms with van der Waals surface area (Å²) in [6, 6.07) is 12.4. The molecule has 1 heterocycles. The maximum Gasteiger partial charge on any atom is 0.295 e. The molecule has 3 rings (SSSR count). The van der Waals surface area contributed by atoms with Crippen molar-refractivity contribution in [3.63, 3.8) is 0 Å². The Balaban J connectivity index is 2.13. The Labute approximate surface area is 202 Å². The maximum atomic E-state index is 13.7. The molecular weight excluding hydrogens is 428 g/mol. The first-order valence-electron chi connectivity index (χ1n) is 11.8. The first-order chi connectivity index (χ1) is 16.0. The highest BCUT2D eigenvalue weighted by Crippen LogP contribution is 2.40. The van der Waals surface area contributed by atoms with Gasteiger partial charge in [-0.2, -0.15) is 0 Å². The Hall–Kier alpha value is -3.12. The van der Waals surface area contributed by atoms with E-state index in [4.69, 9.17) is 4.74 Å². The third-order valence-electron chi connectivity index (χ3n) is 6.38. The van der Waals surface area contributed by atoms with Crippen molar-refractivity contribution in [2.24, 2.45) is 0 Å². The van der Waals surface area contributed by atoms with E-state index in [-0.39, 0.29) is 11.0 Å². The van der Waals surface area contributed by atoms with Gasteiger partial charge in [-0.05, 0) is 46.7 Å². The van der Waals surface area contributed by atoms with Gasteiger partial charge < -0.3 is 19.6 Å². The van der Waals surface area contributed by atoms with Gasteiger partial charge in [0.2, 0.25) is 5.78 Å². The van der Waals surface area contributed by atoms with Crippen molar-refractivity contribution < 1.29 is 24.3 Å². The van der Waals surface area contributed by atoms with Crippen LogP contribution in [-0.4, -0.2) is 50.9 Å². The summed E-state index contributed by atoms with van der Waals surface area (Å²) < 4.78 is 5.25. The van der Waals surface area contributed by atoms with Crippen LogP contribution in [0.1, 0.15) is 55.5 Å². The van der Waals surface area contributed by atoms with Crippen LogP contribution >= 0.6 is 0 Å². The van der Waals surface area contributed by atoms with E-state index in [0.717, 1.165) is 24.1 Å². The average Bonchev–Trinajstić information content (AvgIpc) is 3.02. The number of carbonyl (C=O) groups excluding carboxylic acids is 2. The van der Waals surface area contributed by atoms with E-state index in [2.05, 4.69) is 20.8 Å². The molecule has 1 unspecified atom stereocenters. The van der Waals surface area contributed by atoms with Crippen LogP contribution in [0.25, 0.3) is 5.76 Å². The number of ether oxygens (including phenoxy) is 1. The zero-order valence-electron chi connectivity index (χ0n) is 21.3. The average molecular weight is 465 g/mol. The molecule has 0 spiro atoms. The Morgan fingerprint density at radius 1 is 1.09 bits per heavy atom. The molecule has 182 valence electrons. The second-order valence-corrected chi connectivity index (χ2v) is 10.3. The number of hydrogen-bond donors (Lipinski definition) is 1. The Bertz CT molecular complexity index is 1090. The van der Waals surface area contributed by atoms with Crippen LogP contribution in [0.4, 0.5) is 0 Å². The lowest BCUT2D eigenvalue weighted by Crippen LogP contribution is -3.05. The molecule has 1 N–H and O–H groups in total. The van der Waals surface area contributed by atoms with E-state index in [1.54, 1.807) is 30.2 Å². The summed E-state index contributed by atoms with van der Waals surface area (Å²) in [7, 11) is 5.66. The molecule has 0 radical (unpaired) electrons. The van der Waals surface area contributed by atoms with Crippen molar-refractivity contribution in [2.75, 3.05) is 34.3 Å². The van der Waals surface area contributed by atoms with Crippen LogP contribution in [0.5, 0.6) is 5.75 Å². The highest BCUT2D eigenvalue weighted by atomic mass is 16.5. The number of carbonyl (C=O) groups is 2. The predicted octanol–water partition coefficient (Wildman–Crippen LogP) is 2.06. The summed E-state index contributed by atoms with van der Waals surface area (Å²) in [6.07, 6.45) is 0.737. The number of rotatable bonds is 7. The molecule has 1 saturated heterocycles. The van der Waals surface area contributed by atoms with E-state index in [1.807, 2.05) is 45.3 Å². The van der Waals surface area contributed by atoms with Crippen LogP contribution < -0.4 is 14.7 Å². The van der Waals surface area contributed by atoms with Crippen LogP contribution in [0.3, 0.4) is 0 Å². The molecule has 6 nitrogen and oxygen atoms in total. The number of Topliss-reactive ketones (excluding diaryl/α,β-unsaturated/α-hetero) is 1. The van der Waals surface area contributed by atoms with Crippen molar-refractivity contribution in [2.45, 2.75) is 45.6 Å². The summed E-state index contributed by atoms with van der Waals surface area (Å²) in [5.74, 6) is -1.07. The van der Waals surface area contributed by atoms with Gasteiger partial charge in [0.25, 0.3) is 5.91 Å². The molecule has 0 aromatic heterocycles. The smallest absolute Gasteiger partial charge is 0.295 e. The van der Waals surface area contributed by atoms with Gasteiger partial charge in [-0.1, -0.05) is 56.9 Å². The van der Waals surface area contributed by atoms with Gasteiger partial charge in [-0.25, -0.2) is 0 Å². The van der Waals surface area contributed by atoms with Crippen LogP contribution in [0.2, 0.25) is 0 Å².